The van der Waals surface area contributed by atoms with Crippen molar-refractivity contribution in [3.63, 3.8) is 0 Å². The summed E-state index contributed by atoms with van der Waals surface area (Å²) in [4.78, 5) is 28.8. The average molecular weight is 323 g/mol. The van der Waals surface area contributed by atoms with E-state index in [0.717, 1.165) is 17.3 Å². The third-order valence-corrected chi connectivity index (χ3v) is 6.08. The average Bonchev–Trinajstić information content (AvgIpc) is 2.29. The van der Waals surface area contributed by atoms with E-state index in [4.69, 9.17) is 0 Å². The molecular weight excluding hydrogens is 303 g/mol. The summed E-state index contributed by atoms with van der Waals surface area (Å²) in [5, 5.41) is 0.837. The molecule has 0 unspecified atom stereocenters. The molecule has 5 heteroatoms. The van der Waals surface area contributed by atoms with Gasteiger partial charge in [0.15, 0.2) is 0 Å². The first-order valence-corrected chi connectivity index (χ1v) is 9.32. The molecule has 0 radical (unpaired) electrons. The van der Waals surface area contributed by atoms with Gasteiger partial charge in [0.1, 0.15) is 0 Å². The van der Waals surface area contributed by atoms with Crippen molar-refractivity contribution in [2.75, 3.05) is 12.3 Å². The van der Waals surface area contributed by atoms with Gasteiger partial charge in [0.2, 0.25) is 0 Å². The monoisotopic (exact) mass is 322 g/mol. The van der Waals surface area contributed by atoms with E-state index >= 15 is 0 Å². The predicted molar refractivity (Wildman–Crippen MR) is 76.4 cm³/mol. The molecule has 0 aliphatic carbocycles. The second-order valence-corrected chi connectivity index (χ2v) is 8.76. The standard InChI is InChI=1S/C12H20BrO3P/c1-2-17(14,15,16)9-3-4-11-5-7-12(10-13)8-6-11/h5-8,14-16H,2-4,9-10H2,1H3. The number of rotatable bonds is 6. The number of hydrogen-bond acceptors (Lipinski definition) is 3. The molecule has 3 N–H and O–H groups in total. The van der Waals surface area contributed by atoms with Gasteiger partial charge in [-0.15, -0.1) is 0 Å². The van der Waals surface area contributed by atoms with Crippen molar-refractivity contribution in [2.45, 2.75) is 25.1 Å². The number of benzene rings is 1. The van der Waals surface area contributed by atoms with Crippen LogP contribution < -0.4 is 0 Å². The summed E-state index contributed by atoms with van der Waals surface area (Å²) < 4.78 is 0. The first-order chi connectivity index (χ1) is 7.84. The zero-order valence-corrected chi connectivity index (χ0v) is 12.5. The van der Waals surface area contributed by atoms with Gasteiger partial charge in [-0.05, 0) is 0 Å². The van der Waals surface area contributed by atoms with Gasteiger partial charge in [-0.1, -0.05) is 0 Å². The summed E-state index contributed by atoms with van der Waals surface area (Å²) in [5.41, 5.74) is 2.37. The molecule has 0 spiro atoms. The van der Waals surface area contributed by atoms with Crippen LogP contribution in [-0.2, 0) is 11.8 Å². The number of hydrogen-bond donors (Lipinski definition) is 3. The Balaban J connectivity index is 2.46. The molecule has 0 fully saturated rings. The number of aryl methyl sites for hydroxylation is 1. The van der Waals surface area contributed by atoms with Crippen LogP contribution in [-0.4, -0.2) is 27.0 Å². The zero-order valence-electron chi connectivity index (χ0n) is 10.0. The molecule has 0 saturated heterocycles. The topological polar surface area (TPSA) is 60.7 Å². The van der Waals surface area contributed by atoms with Gasteiger partial charge in [-0.3, -0.25) is 0 Å². The summed E-state index contributed by atoms with van der Waals surface area (Å²) in [5.74, 6) is 0. The Morgan fingerprint density at radius 3 is 2.06 bits per heavy atom. The van der Waals surface area contributed by atoms with Crippen molar-refractivity contribution in [3.05, 3.63) is 35.4 Å². The SMILES string of the molecule is CCP(O)(O)(O)CCCc1ccc(CBr)cc1. The molecule has 0 heterocycles. The van der Waals surface area contributed by atoms with Gasteiger partial charge in [0.25, 0.3) is 0 Å². The van der Waals surface area contributed by atoms with Gasteiger partial charge < -0.3 is 0 Å². The first kappa shape index (κ1) is 15.1. The van der Waals surface area contributed by atoms with Crippen molar-refractivity contribution in [1.82, 2.24) is 0 Å². The molecule has 0 bridgehead atoms. The summed E-state index contributed by atoms with van der Waals surface area (Å²) in [7, 11) is -4.32. The first-order valence-electron chi connectivity index (χ1n) is 5.74. The van der Waals surface area contributed by atoms with Crippen LogP contribution in [0.4, 0.5) is 0 Å². The zero-order chi connectivity index (χ0) is 13.0. The molecule has 98 valence electrons. The molecule has 0 aliphatic rings. The van der Waals surface area contributed by atoms with E-state index in [1.165, 1.54) is 5.56 Å². The van der Waals surface area contributed by atoms with E-state index in [1.54, 1.807) is 6.92 Å². The Morgan fingerprint density at radius 2 is 1.59 bits per heavy atom. The van der Waals surface area contributed by atoms with Gasteiger partial charge >= 0.3 is 111 Å². The summed E-state index contributed by atoms with van der Waals surface area (Å²) in [6, 6.07) is 8.15. The molecular formula is C12H20BrO3P. The molecule has 0 amide bonds. The molecule has 0 aliphatic heterocycles. The summed E-state index contributed by atoms with van der Waals surface area (Å²) in [6.07, 6.45) is 1.46. The Bertz CT molecular complexity index is 356. The second-order valence-electron chi connectivity index (χ2n) is 4.43. The van der Waals surface area contributed by atoms with Crippen molar-refractivity contribution >= 4 is 23.2 Å². The van der Waals surface area contributed by atoms with E-state index in [0.29, 0.717) is 6.42 Å². The van der Waals surface area contributed by atoms with Crippen molar-refractivity contribution in [1.29, 1.82) is 0 Å². The van der Waals surface area contributed by atoms with Crippen LogP contribution in [0, 0.1) is 0 Å². The van der Waals surface area contributed by atoms with E-state index in [2.05, 4.69) is 15.9 Å². The van der Waals surface area contributed by atoms with Crippen LogP contribution in [0.3, 0.4) is 0 Å². The fourth-order valence-electron chi connectivity index (χ4n) is 1.56. The predicted octanol–water partition coefficient (Wildman–Crippen LogP) is 2.81. The maximum atomic E-state index is 9.58. The fraction of sp³-hybridized carbons (Fsp3) is 0.500. The molecule has 0 atom stereocenters. The fourth-order valence-corrected chi connectivity index (χ4v) is 3.06. The number of halogens is 1. The van der Waals surface area contributed by atoms with Crippen molar-refractivity contribution in [3.8, 4) is 0 Å². The van der Waals surface area contributed by atoms with E-state index in [9.17, 15) is 14.7 Å². The normalized spacial score (nSPS) is 14.3. The van der Waals surface area contributed by atoms with Crippen molar-refractivity contribution in [2.24, 2.45) is 0 Å². The Hall–Kier alpha value is 0.0100. The summed E-state index contributed by atoms with van der Waals surface area (Å²) in [6.45, 7) is 1.60. The molecule has 0 saturated carbocycles. The molecule has 1 aromatic rings. The van der Waals surface area contributed by atoms with Crippen LogP contribution in [0.15, 0.2) is 24.3 Å². The Labute approximate surface area is 111 Å². The van der Waals surface area contributed by atoms with Gasteiger partial charge in [-0.25, -0.2) is 0 Å². The van der Waals surface area contributed by atoms with Crippen LogP contribution >= 0.6 is 23.2 Å². The molecule has 1 rings (SSSR count). The molecule has 1 aromatic carbocycles. The third-order valence-electron chi connectivity index (χ3n) is 2.91. The molecule has 0 aromatic heterocycles. The quantitative estimate of drug-likeness (QED) is 0.557. The second kappa shape index (κ2) is 5.77. The van der Waals surface area contributed by atoms with Crippen LogP contribution in [0.2, 0.25) is 0 Å². The maximum absolute atomic E-state index is 9.58. The van der Waals surface area contributed by atoms with Gasteiger partial charge in [0.05, 0.1) is 0 Å². The van der Waals surface area contributed by atoms with E-state index in [-0.39, 0.29) is 12.3 Å². The van der Waals surface area contributed by atoms with Gasteiger partial charge in [-0.2, -0.15) is 0 Å². The molecule has 17 heavy (non-hydrogen) atoms. The Morgan fingerprint density at radius 1 is 1.06 bits per heavy atom. The van der Waals surface area contributed by atoms with E-state index < -0.39 is 7.28 Å². The van der Waals surface area contributed by atoms with Crippen LogP contribution in [0.5, 0.6) is 0 Å². The minimum absolute atomic E-state index is 0.0358. The number of alkyl halides is 1. The molecule has 3 nitrogen and oxygen atoms in total. The third kappa shape index (κ3) is 5.45. The van der Waals surface area contributed by atoms with E-state index in [1.807, 2.05) is 24.3 Å². The summed E-state index contributed by atoms with van der Waals surface area (Å²) >= 11 is 3.38. The van der Waals surface area contributed by atoms with Gasteiger partial charge in [0, 0.05) is 0 Å². The minimum atomic E-state index is -4.32. The van der Waals surface area contributed by atoms with Crippen LogP contribution in [0.25, 0.3) is 0 Å². The van der Waals surface area contributed by atoms with Crippen LogP contribution in [0.1, 0.15) is 24.5 Å². The van der Waals surface area contributed by atoms with Crippen molar-refractivity contribution < 1.29 is 14.7 Å². The Kier molecular flexibility index (Phi) is 5.11.